The number of rotatable bonds is 6. The molecule has 2 rings (SSSR count). The molecule has 5 heteroatoms. The molecular weight excluding hydrogens is 270 g/mol. The highest BCUT2D eigenvalue weighted by Gasteiger charge is 2.17. The highest BCUT2D eigenvalue weighted by molar-refractivity contribution is 5.76. The lowest BCUT2D eigenvalue weighted by molar-refractivity contribution is -0.122. The Kier molecular flexibility index (Phi) is 5.87. The number of methoxy groups -OCH3 is 2. The zero-order valence-electron chi connectivity index (χ0n) is 12.7. The minimum Gasteiger partial charge on any atom is -0.497 e. The van der Waals surface area contributed by atoms with Gasteiger partial charge in [-0.15, -0.1) is 0 Å². The Morgan fingerprint density at radius 1 is 1.29 bits per heavy atom. The first-order chi connectivity index (χ1) is 10.2. The Bertz CT molecular complexity index is 469. The van der Waals surface area contributed by atoms with Crippen molar-refractivity contribution in [2.75, 3.05) is 27.4 Å². The van der Waals surface area contributed by atoms with E-state index in [4.69, 9.17) is 14.2 Å². The van der Waals surface area contributed by atoms with E-state index in [9.17, 15) is 4.79 Å². The maximum atomic E-state index is 12.0. The third-order valence-corrected chi connectivity index (χ3v) is 3.79. The summed E-state index contributed by atoms with van der Waals surface area (Å²) in [6, 6.07) is 5.59. The fourth-order valence-corrected chi connectivity index (χ4v) is 2.48. The second-order valence-corrected chi connectivity index (χ2v) is 5.21. The van der Waals surface area contributed by atoms with Gasteiger partial charge in [-0.2, -0.15) is 0 Å². The van der Waals surface area contributed by atoms with Crippen LogP contribution in [0.5, 0.6) is 11.5 Å². The average Bonchev–Trinajstić information content (AvgIpc) is 2.53. The molecule has 1 saturated heterocycles. The van der Waals surface area contributed by atoms with Crippen molar-refractivity contribution in [2.45, 2.75) is 25.8 Å². The van der Waals surface area contributed by atoms with Crippen molar-refractivity contribution in [1.82, 2.24) is 5.32 Å². The van der Waals surface area contributed by atoms with Gasteiger partial charge < -0.3 is 19.5 Å². The quantitative estimate of drug-likeness (QED) is 0.873. The van der Waals surface area contributed by atoms with Crippen LogP contribution in [0, 0.1) is 5.92 Å². The van der Waals surface area contributed by atoms with E-state index in [1.54, 1.807) is 14.2 Å². The van der Waals surface area contributed by atoms with Gasteiger partial charge in [0.05, 0.1) is 14.2 Å². The van der Waals surface area contributed by atoms with E-state index in [2.05, 4.69) is 5.32 Å². The van der Waals surface area contributed by atoms with Crippen LogP contribution >= 0.6 is 0 Å². The number of benzene rings is 1. The summed E-state index contributed by atoms with van der Waals surface area (Å²) in [6.07, 6.45) is 2.51. The number of carbonyl (C=O) groups is 1. The molecule has 1 aliphatic rings. The van der Waals surface area contributed by atoms with Crippen LogP contribution in [0.1, 0.15) is 24.8 Å². The molecule has 0 bridgehead atoms. The van der Waals surface area contributed by atoms with Crippen molar-refractivity contribution in [1.29, 1.82) is 0 Å². The normalized spacial score (nSPS) is 15.5. The number of amides is 1. The third kappa shape index (κ3) is 4.63. The Morgan fingerprint density at radius 2 is 2.05 bits per heavy atom. The van der Waals surface area contributed by atoms with Crippen LogP contribution in [0.25, 0.3) is 0 Å². The van der Waals surface area contributed by atoms with Crippen molar-refractivity contribution in [2.24, 2.45) is 5.92 Å². The van der Waals surface area contributed by atoms with E-state index >= 15 is 0 Å². The fraction of sp³-hybridized carbons (Fsp3) is 0.562. The van der Waals surface area contributed by atoms with Crippen molar-refractivity contribution >= 4 is 5.91 Å². The molecule has 0 unspecified atom stereocenters. The molecule has 1 aromatic rings. The Balaban J connectivity index is 1.85. The van der Waals surface area contributed by atoms with Gasteiger partial charge in [0.15, 0.2) is 0 Å². The molecule has 1 fully saturated rings. The minimum absolute atomic E-state index is 0.0831. The standard InChI is InChI=1S/C16H23NO4/c1-19-14-4-3-13(15(10-14)20-2)11-17-16(18)9-12-5-7-21-8-6-12/h3-4,10,12H,5-9,11H2,1-2H3,(H,17,18). The first-order valence-corrected chi connectivity index (χ1v) is 7.28. The Morgan fingerprint density at radius 3 is 2.71 bits per heavy atom. The van der Waals surface area contributed by atoms with Crippen LogP contribution in [0.3, 0.4) is 0 Å². The van der Waals surface area contributed by atoms with Gasteiger partial charge in [0.2, 0.25) is 5.91 Å². The molecule has 1 aromatic carbocycles. The van der Waals surface area contributed by atoms with E-state index in [1.807, 2.05) is 18.2 Å². The maximum absolute atomic E-state index is 12.0. The van der Waals surface area contributed by atoms with Gasteiger partial charge in [-0.05, 0) is 30.9 Å². The highest BCUT2D eigenvalue weighted by Crippen LogP contribution is 2.24. The molecule has 1 N–H and O–H groups in total. The van der Waals surface area contributed by atoms with Crippen molar-refractivity contribution in [3.05, 3.63) is 23.8 Å². The summed E-state index contributed by atoms with van der Waals surface area (Å²) in [5.41, 5.74) is 0.943. The largest absolute Gasteiger partial charge is 0.497 e. The first kappa shape index (κ1) is 15.6. The second kappa shape index (κ2) is 7.88. The maximum Gasteiger partial charge on any atom is 0.220 e. The molecule has 0 aliphatic carbocycles. The van der Waals surface area contributed by atoms with Gasteiger partial charge in [0.1, 0.15) is 11.5 Å². The van der Waals surface area contributed by atoms with Crippen molar-refractivity contribution in [3.8, 4) is 11.5 Å². The molecule has 116 valence electrons. The number of nitrogens with one attached hydrogen (secondary N) is 1. The van der Waals surface area contributed by atoms with Gasteiger partial charge in [-0.3, -0.25) is 4.79 Å². The van der Waals surface area contributed by atoms with E-state index in [0.29, 0.717) is 18.9 Å². The summed E-state index contributed by atoms with van der Waals surface area (Å²) >= 11 is 0. The summed E-state index contributed by atoms with van der Waals surface area (Å²) in [4.78, 5) is 12.0. The molecule has 0 atom stereocenters. The lowest BCUT2D eigenvalue weighted by Crippen LogP contribution is -2.27. The lowest BCUT2D eigenvalue weighted by Gasteiger charge is -2.21. The third-order valence-electron chi connectivity index (χ3n) is 3.79. The predicted molar refractivity (Wildman–Crippen MR) is 79.6 cm³/mol. The molecular formula is C16H23NO4. The Labute approximate surface area is 125 Å². The fourth-order valence-electron chi connectivity index (χ4n) is 2.48. The molecule has 0 spiro atoms. The average molecular weight is 293 g/mol. The zero-order valence-corrected chi connectivity index (χ0v) is 12.7. The molecule has 21 heavy (non-hydrogen) atoms. The molecule has 1 heterocycles. The summed E-state index contributed by atoms with van der Waals surface area (Å²) in [5, 5.41) is 2.96. The molecule has 1 amide bonds. The van der Waals surface area contributed by atoms with Gasteiger partial charge >= 0.3 is 0 Å². The predicted octanol–water partition coefficient (Wildman–Crippen LogP) is 2.14. The van der Waals surface area contributed by atoms with Crippen LogP contribution in [0.2, 0.25) is 0 Å². The number of hydrogen-bond acceptors (Lipinski definition) is 4. The van der Waals surface area contributed by atoms with E-state index in [0.717, 1.165) is 43.1 Å². The van der Waals surface area contributed by atoms with Gasteiger partial charge in [-0.25, -0.2) is 0 Å². The molecule has 0 radical (unpaired) electrons. The van der Waals surface area contributed by atoms with Crippen LogP contribution in [0.15, 0.2) is 18.2 Å². The summed E-state index contributed by atoms with van der Waals surface area (Å²) in [6.45, 7) is 2.00. The first-order valence-electron chi connectivity index (χ1n) is 7.28. The Hall–Kier alpha value is -1.75. The monoisotopic (exact) mass is 293 g/mol. The van der Waals surface area contributed by atoms with E-state index in [1.165, 1.54) is 0 Å². The number of hydrogen-bond donors (Lipinski definition) is 1. The molecule has 1 aliphatic heterocycles. The minimum atomic E-state index is 0.0831. The molecule has 0 aromatic heterocycles. The SMILES string of the molecule is COc1ccc(CNC(=O)CC2CCOCC2)c(OC)c1. The van der Waals surface area contributed by atoms with Gasteiger partial charge in [0.25, 0.3) is 0 Å². The lowest BCUT2D eigenvalue weighted by atomic mass is 9.96. The van der Waals surface area contributed by atoms with Gasteiger partial charge in [0, 0.05) is 37.8 Å². The topological polar surface area (TPSA) is 56.8 Å². The second-order valence-electron chi connectivity index (χ2n) is 5.21. The smallest absolute Gasteiger partial charge is 0.220 e. The molecule has 5 nitrogen and oxygen atoms in total. The summed E-state index contributed by atoms with van der Waals surface area (Å²) in [5.74, 6) is 1.99. The van der Waals surface area contributed by atoms with Crippen LogP contribution in [0.4, 0.5) is 0 Å². The zero-order chi connectivity index (χ0) is 15.1. The summed E-state index contributed by atoms with van der Waals surface area (Å²) in [7, 11) is 3.23. The van der Waals surface area contributed by atoms with Crippen molar-refractivity contribution < 1.29 is 19.0 Å². The molecule has 0 saturated carbocycles. The van der Waals surface area contributed by atoms with Crippen LogP contribution < -0.4 is 14.8 Å². The number of ether oxygens (including phenoxy) is 3. The van der Waals surface area contributed by atoms with Gasteiger partial charge in [-0.1, -0.05) is 0 Å². The highest BCUT2D eigenvalue weighted by atomic mass is 16.5. The number of carbonyl (C=O) groups excluding carboxylic acids is 1. The van der Waals surface area contributed by atoms with Crippen LogP contribution in [-0.2, 0) is 16.1 Å². The van der Waals surface area contributed by atoms with Crippen molar-refractivity contribution in [3.63, 3.8) is 0 Å². The van der Waals surface area contributed by atoms with E-state index in [-0.39, 0.29) is 5.91 Å². The summed E-state index contributed by atoms with van der Waals surface area (Å²) < 4.78 is 15.8. The van der Waals surface area contributed by atoms with Crippen LogP contribution in [-0.4, -0.2) is 33.3 Å². The van der Waals surface area contributed by atoms with E-state index < -0.39 is 0 Å².